The molecule has 0 saturated heterocycles. The van der Waals surface area contributed by atoms with Crippen LogP contribution < -0.4 is 15.8 Å². The highest BCUT2D eigenvalue weighted by atomic mass is 32.2. The Balaban J connectivity index is 1.96. The summed E-state index contributed by atoms with van der Waals surface area (Å²) in [6.45, 7) is 2.72. The van der Waals surface area contributed by atoms with Crippen LogP contribution in [-0.4, -0.2) is 28.1 Å². The van der Waals surface area contributed by atoms with Crippen LogP contribution in [0, 0.1) is 0 Å². The Morgan fingerprint density at radius 2 is 2.00 bits per heavy atom. The van der Waals surface area contributed by atoms with Crippen LogP contribution in [0.25, 0.3) is 0 Å². The fourth-order valence-electron chi connectivity index (χ4n) is 1.81. The highest BCUT2D eigenvalue weighted by Gasteiger charge is 2.07. The molecule has 1 aliphatic heterocycles. The quantitative estimate of drug-likeness (QED) is 0.700. The molecule has 0 atom stereocenters. The van der Waals surface area contributed by atoms with Gasteiger partial charge in [0.1, 0.15) is 0 Å². The van der Waals surface area contributed by atoms with Gasteiger partial charge in [-0.25, -0.2) is 13.6 Å². The van der Waals surface area contributed by atoms with E-state index in [1.165, 1.54) is 17.7 Å². The number of rotatable bonds is 4. The molecule has 0 saturated carbocycles. The predicted molar refractivity (Wildman–Crippen MR) is 71.9 cm³/mol. The first-order chi connectivity index (χ1) is 8.55. The summed E-state index contributed by atoms with van der Waals surface area (Å²) in [4.78, 5) is 0.133. The summed E-state index contributed by atoms with van der Waals surface area (Å²) < 4.78 is 22.2. The van der Waals surface area contributed by atoms with Crippen molar-refractivity contribution in [3.63, 3.8) is 0 Å². The van der Waals surface area contributed by atoms with Crippen molar-refractivity contribution in [3.8, 4) is 0 Å². The molecule has 1 aromatic carbocycles. The molecule has 0 radical (unpaired) electrons. The van der Waals surface area contributed by atoms with Crippen molar-refractivity contribution in [2.75, 3.05) is 25.0 Å². The predicted octanol–water partition coefficient (Wildman–Crippen LogP) is 0.666. The van der Waals surface area contributed by atoms with Crippen LogP contribution in [0.3, 0.4) is 0 Å². The Morgan fingerprint density at radius 1 is 1.28 bits per heavy atom. The summed E-state index contributed by atoms with van der Waals surface area (Å²) in [7, 11) is -3.60. The van der Waals surface area contributed by atoms with Crippen molar-refractivity contribution in [2.45, 2.75) is 11.3 Å². The van der Waals surface area contributed by atoms with E-state index in [2.05, 4.69) is 16.7 Å². The van der Waals surface area contributed by atoms with E-state index in [1.807, 2.05) is 0 Å². The molecule has 0 amide bonds. The first-order valence-electron chi connectivity index (χ1n) is 5.81. The third-order valence-electron chi connectivity index (χ3n) is 2.86. The number of sulfonamides is 1. The van der Waals surface area contributed by atoms with Gasteiger partial charge in [-0.15, -0.1) is 0 Å². The third-order valence-corrected chi connectivity index (χ3v) is 3.79. The standard InChI is InChI=1S/C12H17N3O2S/c13-18(16,17)12-3-1-11(2-4-12)15-9-10-5-7-14-8-6-10/h1-5,14-15H,6-9H2,(H2,13,16,17). The second-order valence-corrected chi connectivity index (χ2v) is 5.80. The van der Waals surface area contributed by atoms with Gasteiger partial charge in [0.2, 0.25) is 10.0 Å². The molecule has 5 nitrogen and oxygen atoms in total. The topological polar surface area (TPSA) is 84.2 Å². The SMILES string of the molecule is NS(=O)(=O)c1ccc(NCC2=CCNCC2)cc1. The summed E-state index contributed by atoms with van der Waals surface area (Å²) in [5.74, 6) is 0. The molecule has 2 rings (SSSR count). The van der Waals surface area contributed by atoms with Gasteiger partial charge in [-0.3, -0.25) is 0 Å². The van der Waals surface area contributed by atoms with E-state index in [4.69, 9.17) is 5.14 Å². The zero-order chi connectivity index (χ0) is 13.0. The Hall–Kier alpha value is -1.37. The lowest BCUT2D eigenvalue weighted by Crippen LogP contribution is -2.23. The van der Waals surface area contributed by atoms with Crippen LogP contribution in [0.5, 0.6) is 0 Å². The zero-order valence-electron chi connectivity index (χ0n) is 10.0. The Labute approximate surface area is 107 Å². The summed E-state index contributed by atoms with van der Waals surface area (Å²) >= 11 is 0. The van der Waals surface area contributed by atoms with E-state index < -0.39 is 10.0 Å². The molecule has 0 aromatic heterocycles. The maximum absolute atomic E-state index is 11.1. The molecular weight excluding hydrogens is 250 g/mol. The fourth-order valence-corrected chi connectivity index (χ4v) is 2.32. The molecular formula is C12H17N3O2S. The summed E-state index contributed by atoms with van der Waals surface area (Å²) in [6, 6.07) is 6.46. The normalized spacial score (nSPS) is 16.2. The summed E-state index contributed by atoms with van der Waals surface area (Å²) in [5, 5.41) is 11.5. The van der Waals surface area contributed by atoms with Crippen LogP contribution in [0.15, 0.2) is 40.8 Å². The molecule has 1 aliphatic rings. The van der Waals surface area contributed by atoms with Gasteiger partial charge in [0.15, 0.2) is 0 Å². The van der Waals surface area contributed by atoms with Crippen molar-refractivity contribution >= 4 is 15.7 Å². The second-order valence-electron chi connectivity index (χ2n) is 4.24. The minimum atomic E-state index is -3.60. The van der Waals surface area contributed by atoms with Crippen LogP contribution in [0.4, 0.5) is 5.69 Å². The first kappa shape index (κ1) is 13.1. The smallest absolute Gasteiger partial charge is 0.238 e. The number of hydrogen-bond donors (Lipinski definition) is 3. The van der Waals surface area contributed by atoms with Gasteiger partial charge in [0.05, 0.1) is 4.90 Å². The van der Waals surface area contributed by atoms with E-state index in [-0.39, 0.29) is 4.90 Å². The molecule has 1 heterocycles. The number of nitrogens with two attached hydrogens (primary N) is 1. The van der Waals surface area contributed by atoms with Crippen molar-refractivity contribution in [1.82, 2.24) is 5.32 Å². The van der Waals surface area contributed by atoms with Gasteiger partial charge in [-0.1, -0.05) is 11.6 Å². The van der Waals surface area contributed by atoms with E-state index in [9.17, 15) is 8.42 Å². The molecule has 98 valence electrons. The molecule has 0 fully saturated rings. The number of nitrogens with one attached hydrogen (secondary N) is 2. The Morgan fingerprint density at radius 3 is 2.56 bits per heavy atom. The fraction of sp³-hybridized carbons (Fsp3) is 0.333. The lowest BCUT2D eigenvalue weighted by Gasteiger charge is -2.15. The second kappa shape index (κ2) is 5.51. The highest BCUT2D eigenvalue weighted by molar-refractivity contribution is 7.89. The maximum Gasteiger partial charge on any atom is 0.238 e. The summed E-state index contributed by atoms with van der Waals surface area (Å²) in [6.07, 6.45) is 3.22. The Bertz CT molecular complexity index is 535. The minimum absolute atomic E-state index is 0.133. The van der Waals surface area contributed by atoms with Crippen LogP contribution in [0.1, 0.15) is 6.42 Å². The molecule has 0 bridgehead atoms. The van der Waals surface area contributed by atoms with E-state index >= 15 is 0 Å². The van der Waals surface area contributed by atoms with Crippen molar-refractivity contribution in [2.24, 2.45) is 5.14 Å². The molecule has 0 aliphatic carbocycles. The van der Waals surface area contributed by atoms with Gasteiger partial charge in [0.25, 0.3) is 0 Å². The van der Waals surface area contributed by atoms with Crippen LogP contribution in [-0.2, 0) is 10.0 Å². The number of anilines is 1. The van der Waals surface area contributed by atoms with E-state index in [0.29, 0.717) is 0 Å². The monoisotopic (exact) mass is 267 g/mol. The van der Waals surface area contributed by atoms with Crippen LogP contribution >= 0.6 is 0 Å². The van der Waals surface area contributed by atoms with Gasteiger partial charge in [-0.05, 0) is 37.2 Å². The highest BCUT2D eigenvalue weighted by Crippen LogP contribution is 2.14. The lowest BCUT2D eigenvalue weighted by molar-refractivity contribution is 0.598. The molecule has 0 unspecified atom stereocenters. The van der Waals surface area contributed by atoms with E-state index in [1.54, 1.807) is 12.1 Å². The number of primary sulfonamides is 1. The molecule has 4 N–H and O–H groups in total. The largest absolute Gasteiger partial charge is 0.381 e. The van der Waals surface area contributed by atoms with Crippen molar-refractivity contribution in [3.05, 3.63) is 35.9 Å². The third kappa shape index (κ3) is 3.56. The average molecular weight is 267 g/mol. The summed E-state index contributed by atoms with van der Waals surface area (Å²) in [5.41, 5.74) is 2.26. The average Bonchev–Trinajstić information content (AvgIpc) is 2.37. The molecule has 6 heteroatoms. The zero-order valence-corrected chi connectivity index (χ0v) is 10.8. The van der Waals surface area contributed by atoms with Gasteiger partial charge >= 0.3 is 0 Å². The first-order valence-corrected chi connectivity index (χ1v) is 7.36. The minimum Gasteiger partial charge on any atom is -0.381 e. The maximum atomic E-state index is 11.1. The molecule has 1 aromatic rings. The van der Waals surface area contributed by atoms with Crippen molar-refractivity contribution in [1.29, 1.82) is 0 Å². The molecule has 18 heavy (non-hydrogen) atoms. The lowest BCUT2D eigenvalue weighted by atomic mass is 10.1. The Kier molecular flexibility index (Phi) is 4.00. The van der Waals surface area contributed by atoms with Crippen LogP contribution in [0.2, 0.25) is 0 Å². The van der Waals surface area contributed by atoms with Gasteiger partial charge in [-0.2, -0.15) is 0 Å². The van der Waals surface area contributed by atoms with E-state index in [0.717, 1.165) is 31.7 Å². The van der Waals surface area contributed by atoms with Crippen molar-refractivity contribution < 1.29 is 8.42 Å². The number of benzene rings is 1. The van der Waals surface area contributed by atoms with Gasteiger partial charge < -0.3 is 10.6 Å². The molecule has 0 spiro atoms. The van der Waals surface area contributed by atoms with Gasteiger partial charge in [0, 0.05) is 18.8 Å². The number of hydrogen-bond acceptors (Lipinski definition) is 4.